The molecule has 6 heteroatoms. The zero-order valence-electron chi connectivity index (χ0n) is 15.9. The van der Waals surface area contributed by atoms with Crippen molar-refractivity contribution in [2.45, 2.75) is 33.2 Å². The summed E-state index contributed by atoms with van der Waals surface area (Å²) in [6.07, 6.45) is 0.480. The zero-order chi connectivity index (χ0) is 19.1. The lowest BCUT2D eigenvalue weighted by molar-refractivity contribution is -0.120. The number of nitrogens with one attached hydrogen (secondary N) is 2. The molecule has 0 aromatic heterocycles. The standard InChI is InChI=1S/C21H27N3O2.ClH/c1-14(2)13-19(25)23-17-9-11-18(12-10-17)24-21(26)15(3)20(22)16-7-5-4-6-8-16;/h4-12,14-15,20H,13,22H2,1-3H3,(H,23,25)(H,24,26);1H. The third-order valence-electron chi connectivity index (χ3n) is 4.17. The van der Waals surface area contributed by atoms with Crippen molar-refractivity contribution in [3.8, 4) is 0 Å². The number of anilines is 2. The first-order valence-electron chi connectivity index (χ1n) is 8.88. The Labute approximate surface area is 167 Å². The van der Waals surface area contributed by atoms with Crippen LogP contribution in [0, 0.1) is 11.8 Å². The molecule has 2 amide bonds. The van der Waals surface area contributed by atoms with Crippen LogP contribution in [0.25, 0.3) is 0 Å². The number of hydrogen-bond donors (Lipinski definition) is 3. The Morgan fingerprint density at radius 1 is 0.889 bits per heavy atom. The van der Waals surface area contributed by atoms with Crippen LogP contribution in [0.2, 0.25) is 0 Å². The number of rotatable bonds is 7. The number of benzene rings is 2. The summed E-state index contributed by atoms with van der Waals surface area (Å²) in [5.74, 6) is -0.219. The number of amides is 2. The molecule has 0 aliphatic carbocycles. The maximum absolute atomic E-state index is 12.5. The number of hydrogen-bond acceptors (Lipinski definition) is 3. The molecule has 2 aromatic carbocycles. The first-order chi connectivity index (χ1) is 12.4. The quantitative estimate of drug-likeness (QED) is 0.657. The summed E-state index contributed by atoms with van der Waals surface area (Å²) in [7, 11) is 0. The highest BCUT2D eigenvalue weighted by Crippen LogP contribution is 2.21. The Balaban J connectivity index is 0.00000364. The van der Waals surface area contributed by atoms with E-state index in [1.54, 1.807) is 24.3 Å². The fraction of sp³-hybridized carbons (Fsp3) is 0.333. The van der Waals surface area contributed by atoms with Gasteiger partial charge in [0.2, 0.25) is 11.8 Å². The Morgan fingerprint density at radius 3 is 1.93 bits per heavy atom. The van der Waals surface area contributed by atoms with Crippen LogP contribution >= 0.6 is 12.4 Å². The fourth-order valence-corrected chi connectivity index (χ4v) is 2.60. The summed E-state index contributed by atoms with van der Waals surface area (Å²) < 4.78 is 0. The molecule has 2 rings (SSSR count). The number of carbonyl (C=O) groups excluding carboxylic acids is 2. The van der Waals surface area contributed by atoms with Crippen LogP contribution in [0.3, 0.4) is 0 Å². The minimum atomic E-state index is -0.372. The second kappa shape index (κ2) is 10.7. The SMILES string of the molecule is CC(C)CC(=O)Nc1ccc(NC(=O)C(C)C(N)c2ccccc2)cc1.Cl. The lowest BCUT2D eigenvalue weighted by Crippen LogP contribution is -2.30. The van der Waals surface area contributed by atoms with E-state index in [9.17, 15) is 9.59 Å². The van der Waals surface area contributed by atoms with Gasteiger partial charge in [0.05, 0.1) is 5.92 Å². The van der Waals surface area contributed by atoms with Gasteiger partial charge in [0, 0.05) is 23.8 Å². The van der Waals surface area contributed by atoms with Gasteiger partial charge >= 0.3 is 0 Å². The molecule has 5 nitrogen and oxygen atoms in total. The molecule has 4 N–H and O–H groups in total. The topological polar surface area (TPSA) is 84.2 Å². The van der Waals surface area contributed by atoms with Gasteiger partial charge in [0.25, 0.3) is 0 Å². The maximum Gasteiger partial charge on any atom is 0.229 e. The third kappa shape index (κ3) is 7.04. The summed E-state index contributed by atoms with van der Waals surface area (Å²) >= 11 is 0. The molecule has 0 spiro atoms. The summed E-state index contributed by atoms with van der Waals surface area (Å²) in [6, 6.07) is 16.3. The van der Waals surface area contributed by atoms with Gasteiger partial charge in [-0.25, -0.2) is 0 Å². The van der Waals surface area contributed by atoms with Gasteiger partial charge in [-0.15, -0.1) is 12.4 Å². The number of nitrogens with two attached hydrogens (primary N) is 1. The molecule has 0 aliphatic heterocycles. The van der Waals surface area contributed by atoms with Crippen LogP contribution in [0.1, 0.15) is 38.8 Å². The van der Waals surface area contributed by atoms with Crippen LogP contribution in [-0.2, 0) is 9.59 Å². The lowest BCUT2D eigenvalue weighted by Gasteiger charge is -2.20. The molecule has 146 valence electrons. The van der Waals surface area contributed by atoms with E-state index in [0.717, 1.165) is 5.56 Å². The van der Waals surface area contributed by atoms with Crippen molar-refractivity contribution in [3.05, 3.63) is 60.2 Å². The smallest absolute Gasteiger partial charge is 0.229 e. The van der Waals surface area contributed by atoms with Crippen molar-refractivity contribution in [2.75, 3.05) is 10.6 Å². The van der Waals surface area contributed by atoms with Crippen molar-refractivity contribution >= 4 is 35.6 Å². The Kier molecular flexibility index (Phi) is 8.98. The molecule has 2 unspecified atom stereocenters. The highest BCUT2D eigenvalue weighted by molar-refractivity contribution is 5.94. The van der Waals surface area contributed by atoms with Gasteiger partial charge in [0.1, 0.15) is 0 Å². The van der Waals surface area contributed by atoms with Crippen LogP contribution in [0.15, 0.2) is 54.6 Å². The van der Waals surface area contributed by atoms with Crippen LogP contribution in [0.5, 0.6) is 0 Å². The van der Waals surface area contributed by atoms with Gasteiger partial charge in [-0.1, -0.05) is 51.1 Å². The van der Waals surface area contributed by atoms with E-state index in [0.29, 0.717) is 23.7 Å². The summed E-state index contributed by atoms with van der Waals surface area (Å²) in [5.41, 5.74) is 8.51. The Morgan fingerprint density at radius 2 is 1.41 bits per heavy atom. The molecule has 0 radical (unpaired) electrons. The van der Waals surface area contributed by atoms with Crippen molar-refractivity contribution < 1.29 is 9.59 Å². The van der Waals surface area contributed by atoms with E-state index in [1.165, 1.54) is 0 Å². The lowest BCUT2D eigenvalue weighted by atomic mass is 9.94. The van der Waals surface area contributed by atoms with Crippen molar-refractivity contribution in [1.82, 2.24) is 0 Å². The predicted molar refractivity (Wildman–Crippen MR) is 113 cm³/mol. The zero-order valence-corrected chi connectivity index (χ0v) is 16.8. The van der Waals surface area contributed by atoms with Crippen LogP contribution < -0.4 is 16.4 Å². The molecule has 0 aliphatic rings. The van der Waals surface area contributed by atoms with Crippen LogP contribution in [0.4, 0.5) is 11.4 Å². The summed E-state index contributed by atoms with van der Waals surface area (Å²) in [6.45, 7) is 5.81. The number of halogens is 1. The highest BCUT2D eigenvalue weighted by atomic mass is 35.5. The van der Waals surface area contributed by atoms with Gasteiger partial charge < -0.3 is 16.4 Å². The molecule has 0 heterocycles. The van der Waals surface area contributed by atoms with E-state index in [2.05, 4.69) is 10.6 Å². The summed E-state index contributed by atoms with van der Waals surface area (Å²) in [5, 5.41) is 5.72. The second-order valence-electron chi connectivity index (χ2n) is 6.94. The molecule has 0 saturated heterocycles. The van der Waals surface area contributed by atoms with E-state index >= 15 is 0 Å². The second-order valence-corrected chi connectivity index (χ2v) is 6.94. The minimum absolute atomic E-state index is 0. The fourth-order valence-electron chi connectivity index (χ4n) is 2.60. The molecule has 27 heavy (non-hydrogen) atoms. The third-order valence-corrected chi connectivity index (χ3v) is 4.17. The van der Waals surface area contributed by atoms with Gasteiger partial charge in [-0.05, 0) is 35.7 Å². The first-order valence-corrected chi connectivity index (χ1v) is 8.88. The van der Waals surface area contributed by atoms with E-state index in [-0.39, 0.29) is 36.2 Å². The molecule has 0 saturated carbocycles. The van der Waals surface area contributed by atoms with E-state index < -0.39 is 0 Å². The molecule has 0 fully saturated rings. The van der Waals surface area contributed by atoms with Crippen molar-refractivity contribution in [2.24, 2.45) is 17.6 Å². The Bertz CT molecular complexity index is 733. The monoisotopic (exact) mass is 389 g/mol. The van der Waals surface area contributed by atoms with E-state index in [1.807, 2.05) is 51.1 Å². The molecular weight excluding hydrogens is 362 g/mol. The molecular formula is C21H28ClN3O2. The van der Waals surface area contributed by atoms with Gasteiger partial charge in [-0.2, -0.15) is 0 Å². The predicted octanol–water partition coefficient (Wildman–Crippen LogP) is 4.37. The highest BCUT2D eigenvalue weighted by Gasteiger charge is 2.22. The van der Waals surface area contributed by atoms with Gasteiger partial charge in [-0.3, -0.25) is 9.59 Å². The minimum Gasteiger partial charge on any atom is -0.326 e. The first kappa shape index (κ1) is 22.7. The molecule has 0 bridgehead atoms. The molecule has 2 aromatic rings. The van der Waals surface area contributed by atoms with E-state index in [4.69, 9.17) is 5.73 Å². The summed E-state index contributed by atoms with van der Waals surface area (Å²) in [4.78, 5) is 24.2. The number of carbonyl (C=O) groups is 2. The average molecular weight is 390 g/mol. The van der Waals surface area contributed by atoms with Crippen molar-refractivity contribution in [3.63, 3.8) is 0 Å². The van der Waals surface area contributed by atoms with Gasteiger partial charge in [0.15, 0.2) is 0 Å². The maximum atomic E-state index is 12.5. The largest absolute Gasteiger partial charge is 0.326 e. The van der Waals surface area contributed by atoms with Crippen molar-refractivity contribution in [1.29, 1.82) is 0 Å². The average Bonchev–Trinajstić information content (AvgIpc) is 2.62. The molecule has 2 atom stereocenters. The van der Waals surface area contributed by atoms with Crippen LogP contribution in [-0.4, -0.2) is 11.8 Å². The normalized spacial score (nSPS) is 12.6. The Hall–Kier alpha value is -2.37.